The van der Waals surface area contributed by atoms with Gasteiger partial charge in [0.05, 0.1) is 12.2 Å². The summed E-state index contributed by atoms with van der Waals surface area (Å²) in [5, 5.41) is 8.65. The third kappa shape index (κ3) is 4.40. The van der Waals surface area contributed by atoms with Crippen molar-refractivity contribution in [1.82, 2.24) is 0 Å². The fraction of sp³-hybridized carbons (Fsp3) is 0.417. The first-order chi connectivity index (χ1) is 8.15. The fourth-order valence-electron chi connectivity index (χ4n) is 1.28. The van der Waals surface area contributed by atoms with Crippen LogP contribution in [-0.4, -0.2) is 31.4 Å². The van der Waals surface area contributed by atoms with Crippen molar-refractivity contribution in [2.75, 3.05) is 20.3 Å². The van der Waals surface area contributed by atoms with Crippen LogP contribution in [0.15, 0.2) is 18.2 Å². The summed E-state index contributed by atoms with van der Waals surface area (Å²) in [4.78, 5) is 10.6. The molecule has 0 unspecified atom stereocenters. The summed E-state index contributed by atoms with van der Waals surface area (Å²) in [6, 6.07) is 3.60. The first-order valence-electron chi connectivity index (χ1n) is 5.29. The molecule has 94 valence electrons. The van der Waals surface area contributed by atoms with Gasteiger partial charge in [0.1, 0.15) is 0 Å². The van der Waals surface area contributed by atoms with Crippen molar-refractivity contribution in [2.45, 2.75) is 12.8 Å². The lowest BCUT2D eigenvalue weighted by molar-refractivity contribution is 0.0696. The number of unbranched alkanes of at least 4 members (excludes halogenated alkanes) is 1. The van der Waals surface area contributed by atoms with Crippen LogP contribution in [0.25, 0.3) is 0 Å². The quantitative estimate of drug-likeness (QED) is 0.745. The van der Waals surface area contributed by atoms with Gasteiger partial charge in [-0.25, -0.2) is 9.18 Å². The summed E-state index contributed by atoms with van der Waals surface area (Å²) < 4.78 is 23.4. The molecule has 1 N–H and O–H groups in total. The molecule has 0 bridgehead atoms. The molecule has 0 amide bonds. The molecule has 1 rings (SSSR count). The van der Waals surface area contributed by atoms with E-state index in [0.717, 1.165) is 18.9 Å². The van der Waals surface area contributed by atoms with Gasteiger partial charge in [-0.15, -0.1) is 0 Å². The van der Waals surface area contributed by atoms with Crippen molar-refractivity contribution < 1.29 is 23.8 Å². The number of carboxylic acid groups (broad SMARTS) is 1. The van der Waals surface area contributed by atoms with E-state index in [1.165, 1.54) is 12.1 Å². The predicted octanol–water partition coefficient (Wildman–Crippen LogP) is 2.33. The van der Waals surface area contributed by atoms with E-state index in [1.54, 1.807) is 7.11 Å². The lowest BCUT2D eigenvalue weighted by Crippen LogP contribution is -2.03. The SMILES string of the molecule is COCCCCOc1ccc(C(=O)O)cc1F. The molecule has 0 aliphatic carbocycles. The second-order valence-electron chi connectivity index (χ2n) is 3.50. The highest BCUT2D eigenvalue weighted by Gasteiger charge is 2.08. The van der Waals surface area contributed by atoms with Crippen molar-refractivity contribution in [3.63, 3.8) is 0 Å². The number of rotatable bonds is 7. The lowest BCUT2D eigenvalue weighted by atomic mass is 10.2. The van der Waals surface area contributed by atoms with E-state index in [0.29, 0.717) is 13.2 Å². The smallest absolute Gasteiger partial charge is 0.335 e. The summed E-state index contributed by atoms with van der Waals surface area (Å²) >= 11 is 0. The highest BCUT2D eigenvalue weighted by Crippen LogP contribution is 2.18. The van der Waals surface area contributed by atoms with Crippen LogP contribution in [0, 0.1) is 5.82 Å². The van der Waals surface area contributed by atoms with Gasteiger partial charge in [-0.05, 0) is 31.0 Å². The molecular formula is C12H15FO4. The standard InChI is InChI=1S/C12H15FO4/c1-16-6-2-3-7-17-11-5-4-9(12(14)15)8-10(11)13/h4-5,8H,2-3,6-7H2,1H3,(H,14,15). The van der Waals surface area contributed by atoms with Crippen molar-refractivity contribution in [1.29, 1.82) is 0 Å². The number of ether oxygens (including phenoxy) is 2. The Bertz CT molecular complexity index is 379. The van der Waals surface area contributed by atoms with E-state index in [1.807, 2.05) is 0 Å². The monoisotopic (exact) mass is 242 g/mol. The number of benzene rings is 1. The minimum atomic E-state index is -1.16. The molecule has 0 aromatic heterocycles. The minimum Gasteiger partial charge on any atom is -0.491 e. The van der Waals surface area contributed by atoms with Gasteiger partial charge in [0.2, 0.25) is 0 Å². The summed E-state index contributed by atoms with van der Waals surface area (Å²) in [5.41, 5.74) is -0.0887. The van der Waals surface area contributed by atoms with Gasteiger partial charge in [-0.1, -0.05) is 0 Å². The average molecular weight is 242 g/mol. The summed E-state index contributed by atoms with van der Waals surface area (Å²) in [5.74, 6) is -1.74. The normalized spacial score (nSPS) is 10.2. The molecule has 0 radical (unpaired) electrons. The van der Waals surface area contributed by atoms with Gasteiger partial charge >= 0.3 is 5.97 Å². The Morgan fingerprint density at radius 3 is 2.65 bits per heavy atom. The van der Waals surface area contributed by atoms with Crippen molar-refractivity contribution in [3.05, 3.63) is 29.6 Å². The predicted molar refractivity (Wildman–Crippen MR) is 60.0 cm³/mol. The molecule has 0 saturated heterocycles. The Balaban J connectivity index is 2.46. The van der Waals surface area contributed by atoms with Gasteiger partial charge in [-0.2, -0.15) is 0 Å². The molecule has 17 heavy (non-hydrogen) atoms. The fourth-order valence-corrected chi connectivity index (χ4v) is 1.28. The Morgan fingerprint density at radius 1 is 1.35 bits per heavy atom. The van der Waals surface area contributed by atoms with Gasteiger partial charge in [0.15, 0.2) is 11.6 Å². The maximum Gasteiger partial charge on any atom is 0.335 e. The number of methoxy groups -OCH3 is 1. The van der Waals surface area contributed by atoms with E-state index < -0.39 is 11.8 Å². The Morgan fingerprint density at radius 2 is 2.06 bits per heavy atom. The maximum absolute atomic E-state index is 13.4. The number of halogens is 1. The van der Waals surface area contributed by atoms with E-state index in [-0.39, 0.29) is 11.3 Å². The Labute approximate surface area is 99.0 Å². The van der Waals surface area contributed by atoms with E-state index >= 15 is 0 Å². The molecular weight excluding hydrogens is 227 g/mol. The van der Waals surface area contributed by atoms with Gasteiger partial charge in [-0.3, -0.25) is 0 Å². The molecule has 1 aromatic rings. The molecule has 0 aliphatic rings. The van der Waals surface area contributed by atoms with E-state index in [2.05, 4.69) is 0 Å². The highest BCUT2D eigenvalue weighted by atomic mass is 19.1. The van der Waals surface area contributed by atoms with Crippen LogP contribution in [0.1, 0.15) is 23.2 Å². The second kappa shape index (κ2) is 6.85. The number of hydrogen-bond donors (Lipinski definition) is 1. The van der Waals surface area contributed by atoms with E-state index in [9.17, 15) is 9.18 Å². The summed E-state index contributed by atoms with van der Waals surface area (Å²) in [6.07, 6.45) is 1.60. The third-order valence-corrected chi connectivity index (χ3v) is 2.18. The zero-order chi connectivity index (χ0) is 12.7. The summed E-state index contributed by atoms with van der Waals surface area (Å²) in [7, 11) is 1.62. The van der Waals surface area contributed by atoms with Crippen LogP contribution >= 0.6 is 0 Å². The van der Waals surface area contributed by atoms with Crippen molar-refractivity contribution >= 4 is 5.97 Å². The second-order valence-corrected chi connectivity index (χ2v) is 3.50. The Kier molecular flexibility index (Phi) is 5.42. The molecule has 0 spiro atoms. The molecule has 0 fully saturated rings. The third-order valence-electron chi connectivity index (χ3n) is 2.18. The van der Waals surface area contributed by atoms with Crippen LogP contribution in [-0.2, 0) is 4.74 Å². The summed E-state index contributed by atoms with van der Waals surface area (Å²) in [6.45, 7) is 1.02. The van der Waals surface area contributed by atoms with Crippen LogP contribution in [0.3, 0.4) is 0 Å². The van der Waals surface area contributed by atoms with Crippen molar-refractivity contribution in [2.24, 2.45) is 0 Å². The molecule has 0 saturated carbocycles. The average Bonchev–Trinajstić information content (AvgIpc) is 2.30. The van der Waals surface area contributed by atoms with Crippen molar-refractivity contribution in [3.8, 4) is 5.75 Å². The van der Waals surface area contributed by atoms with Gasteiger partial charge in [0, 0.05) is 13.7 Å². The van der Waals surface area contributed by atoms with Gasteiger partial charge < -0.3 is 14.6 Å². The molecule has 5 heteroatoms. The number of carboxylic acids is 1. The van der Waals surface area contributed by atoms with Crippen LogP contribution in [0.2, 0.25) is 0 Å². The number of hydrogen-bond acceptors (Lipinski definition) is 3. The maximum atomic E-state index is 13.4. The number of aromatic carboxylic acids is 1. The number of carbonyl (C=O) groups is 1. The Hall–Kier alpha value is -1.62. The largest absolute Gasteiger partial charge is 0.491 e. The van der Waals surface area contributed by atoms with Gasteiger partial charge in [0.25, 0.3) is 0 Å². The first-order valence-corrected chi connectivity index (χ1v) is 5.29. The minimum absolute atomic E-state index is 0.0763. The zero-order valence-corrected chi connectivity index (χ0v) is 9.61. The lowest BCUT2D eigenvalue weighted by Gasteiger charge is -2.07. The molecule has 0 atom stereocenters. The first kappa shape index (κ1) is 13.4. The molecule has 0 heterocycles. The van der Waals surface area contributed by atoms with Crippen LogP contribution < -0.4 is 4.74 Å². The molecule has 1 aromatic carbocycles. The topological polar surface area (TPSA) is 55.8 Å². The highest BCUT2D eigenvalue weighted by molar-refractivity contribution is 5.87. The molecule has 0 aliphatic heterocycles. The zero-order valence-electron chi connectivity index (χ0n) is 9.61. The van der Waals surface area contributed by atoms with Crippen LogP contribution in [0.5, 0.6) is 5.75 Å². The molecule has 4 nitrogen and oxygen atoms in total. The van der Waals surface area contributed by atoms with Crippen LogP contribution in [0.4, 0.5) is 4.39 Å². The van der Waals surface area contributed by atoms with E-state index in [4.69, 9.17) is 14.6 Å².